The number of anilines is 2. The largest absolute Gasteiger partial charge is 0.490 e. The second-order valence-corrected chi connectivity index (χ2v) is 7.71. The number of nitrogens with zero attached hydrogens (tertiary/aromatic N) is 3. The molecule has 2 aromatic rings. The maximum absolute atomic E-state index is 12.6. The molecule has 7 nitrogen and oxygen atoms in total. The number of aromatic nitrogens is 1. The van der Waals surface area contributed by atoms with Crippen LogP contribution in [-0.2, 0) is 6.54 Å². The molecule has 2 heterocycles. The molecule has 0 atom stereocenters. The Kier molecular flexibility index (Phi) is 8.97. The van der Waals surface area contributed by atoms with E-state index in [1.807, 2.05) is 42.6 Å². The van der Waals surface area contributed by atoms with Gasteiger partial charge < -0.3 is 25.2 Å². The van der Waals surface area contributed by atoms with Crippen molar-refractivity contribution in [1.29, 1.82) is 0 Å². The third-order valence-corrected chi connectivity index (χ3v) is 5.66. The first-order valence-corrected chi connectivity index (χ1v) is 11.4. The van der Waals surface area contributed by atoms with Crippen LogP contribution in [0.1, 0.15) is 38.7 Å². The Morgan fingerprint density at radius 2 is 1.87 bits per heavy atom. The molecule has 0 radical (unpaired) electrons. The third-order valence-electron chi connectivity index (χ3n) is 5.66. The van der Waals surface area contributed by atoms with Crippen LogP contribution in [0.15, 0.2) is 42.6 Å². The Balaban J connectivity index is 1.55. The van der Waals surface area contributed by atoms with Gasteiger partial charge in [0.15, 0.2) is 0 Å². The number of nitrogens with one attached hydrogen (secondary N) is 2. The van der Waals surface area contributed by atoms with Crippen LogP contribution >= 0.6 is 0 Å². The minimum Gasteiger partial charge on any atom is -0.490 e. The topological polar surface area (TPSA) is 69.7 Å². The van der Waals surface area contributed by atoms with Crippen LogP contribution in [0.25, 0.3) is 0 Å². The van der Waals surface area contributed by atoms with Gasteiger partial charge in [-0.2, -0.15) is 0 Å². The van der Waals surface area contributed by atoms with Crippen LogP contribution in [0.4, 0.5) is 16.3 Å². The number of amides is 2. The fourth-order valence-corrected chi connectivity index (χ4v) is 3.82. The average molecular weight is 426 g/mol. The first kappa shape index (κ1) is 22.9. The number of urea groups is 1. The lowest BCUT2D eigenvalue weighted by Crippen LogP contribution is -2.33. The minimum atomic E-state index is -0.256. The molecule has 31 heavy (non-hydrogen) atoms. The van der Waals surface area contributed by atoms with Gasteiger partial charge in [-0.25, -0.2) is 9.78 Å². The Morgan fingerprint density at radius 3 is 2.65 bits per heavy atom. The molecular weight excluding hydrogens is 390 g/mol. The molecule has 1 aromatic carbocycles. The van der Waals surface area contributed by atoms with E-state index in [1.54, 1.807) is 0 Å². The van der Waals surface area contributed by atoms with Crippen LogP contribution in [0.3, 0.4) is 0 Å². The Labute approximate surface area is 185 Å². The number of pyridine rings is 1. The summed E-state index contributed by atoms with van der Waals surface area (Å²) in [4.78, 5) is 21.8. The van der Waals surface area contributed by atoms with Crippen LogP contribution < -0.4 is 20.3 Å². The number of hydrogen-bond donors (Lipinski definition) is 2. The van der Waals surface area contributed by atoms with Gasteiger partial charge in [-0.3, -0.25) is 0 Å². The van der Waals surface area contributed by atoms with Gasteiger partial charge in [-0.1, -0.05) is 32.0 Å². The van der Waals surface area contributed by atoms with Crippen molar-refractivity contribution in [3.8, 4) is 5.75 Å². The summed E-state index contributed by atoms with van der Waals surface area (Å²) >= 11 is 0. The van der Waals surface area contributed by atoms with E-state index in [4.69, 9.17) is 4.74 Å². The van der Waals surface area contributed by atoms with E-state index in [0.717, 1.165) is 44.1 Å². The van der Waals surface area contributed by atoms with Crippen LogP contribution in [-0.4, -0.2) is 55.2 Å². The van der Waals surface area contributed by atoms with Crippen LogP contribution in [0.2, 0.25) is 0 Å². The molecule has 0 unspecified atom stereocenters. The predicted molar refractivity (Wildman–Crippen MR) is 126 cm³/mol. The average Bonchev–Trinajstić information content (AvgIpc) is 2.82. The lowest BCUT2D eigenvalue weighted by molar-refractivity contribution is 0.223. The molecule has 7 heteroatoms. The lowest BCUT2D eigenvalue weighted by Gasteiger charge is -2.29. The van der Waals surface area contributed by atoms with Gasteiger partial charge in [0.25, 0.3) is 0 Å². The maximum atomic E-state index is 12.6. The maximum Gasteiger partial charge on any atom is 0.319 e. The number of carbonyl (C=O) groups is 1. The molecule has 168 valence electrons. The minimum absolute atomic E-state index is 0.256. The summed E-state index contributed by atoms with van der Waals surface area (Å²) in [6, 6.07) is 11.2. The van der Waals surface area contributed by atoms with Crippen molar-refractivity contribution >= 4 is 17.5 Å². The summed E-state index contributed by atoms with van der Waals surface area (Å²) in [7, 11) is 0. The number of rotatable bonds is 10. The quantitative estimate of drug-likeness (QED) is 0.599. The Bertz CT molecular complexity index is 819. The summed E-state index contributed by atoms with van der Waals surface area (Å²) in [6.45, 7) is 10.2. The molecule has 1 aliphatic heterocycles. The van der Waals surface area contributed by atoms with Gasteiger partial charge in [0.05, 0.1) is 5.69 Å². The van der Waals surface area contributed by atoms with Gasteiger partial charge >= 0.3 is 6.03 Å². The standard InChI is InChI=1S/C24H35N5O2/c1-3-28(4-2)17-18-31-22-13-7-6-12-21(22)27-24(30)26-19-20-11-10-14-25-23(20)29-15-8-5-9-16-29/h6-7,10-14H,3-5,8-9,15-19H2,1-2H3,(H2,26,27,30). The summed E-state index contributed by atoms with van der Waals surface area (Å²) in [6.07, 6.45) is 5.47. The van der Waals surface area contributed by atoms with E-state index in [2.05, 4.69) is 39.3 Å². The molecule has 1 aliphatic rings. The molecule has 1 saturated heterocycles. The van der Waals surface area contributed by atoms with Crippen molar-refractivity contribution in [1.82, 2.24) is 15.2 Å². The van der Waals surface area contributed by atoms with Crippen molar-refractivity contribution in [2.45, 2.75) is 39.7 Å². The predicted octanol–water partition coefficient (Wildman–Crippen LogP) is 4.11. The van der Waals surface area contributed by atoms with Crippen molar-refractivity contribution in [3.63, 3.8) is 0 Å². The Morgan fingerprint density at radius 1 is 1.10 bits per heavy atom. The molecule has 0 saturated carbocycles. The van der Waals surface area contributed by atoms with Gasteiger partial charge in [0.2, 0.25) is 0 Å². The van der Waals surface area contributed by atoms with Gasteiger partial charge in [-0.05, 0) is 50.6 Å². The van der Waals surface area contributed by atoms with E-state index in [-0.39, 0.29) is 6.03 Å². The molecule has 1 fully saturated rings. The summed E-state index contributed by atoms with van der Waals surface area (Å²) in [5, 5.41) is 5.89. The molecule has 0 aliphatic carbocycles. The Hall–Kier alpha value is -2.80. The van der Waals surface area contributed by atoms with Crippen molar-refractivity contribution in [3.05, 3.63) is 48.2 Å². The first-order valence-electron chi connectivity index (χ1n) is 11.4. The molecular formula is C24H35N5O2. The second kappa shape index (κ2) is 12.2. The summed E-state index contributed by atoms with van der Waals surface area (Å²) in [5.41, 5.74) is 1.70. The van der Waals surface area contributed by atoms with E-state index in [0.29, 0.717) is 24.6 Å². The second-order valence-electron chi connectivity index (χ2n) is 7.71. The first-order chi connectivity index (χ1) is 15.2. The van der Waals surface area contributed by atoms with Gasteiger partial charge in [0, 0.05) is 37.9 Å². The highest BCUT2D eigenvalue weighted by atomic mass is 16.5. The molecule has 3 rings (SSSR count). The molecule has 1 aromatic heterocycles. The number of para-hydroxylation sites is 2. The fourth-order valence-electron chi connectivity index (χ4n) is 3.82. The number of ether oxygens (including phenoxy) is 1. The monoisotopic (exact) mass is 425 g/mol. The van der Waals surface area contributed by atoms with E-state index < -0.39 is 0 Å². The van der Waals surface area contributed by atoms with E-state index >= 15 is 0 Å². The zero-order valence-corrected chi connectivity index (χ0v) is 18.8. The van der Waals surface area contributed by atoms with E-state index in [1.165, 1.54) is 19.3 Å². The lowest BCUT2D eigenvalue weighted by atomic mass is 10.1. The highest BCUT2D eigenvalue weighted by Gasteiger charge is 2.16. The number of piperidine rings is 1. The molecule has 2 N–H and O–H groups in total. The van der Waals surface area contributed by atoms with Crippen molar-refractivity contribution < 1.29 is 9.53 Å². The SMILES string of the molecule is CCN(CC)CCOc1ccccc1NC(=O)NCc1cccnc1N1CCCCC1. The van der Waals surface area contributed by atoms with Gasteiger partial charge in [0.1, 0.15) is 18.2 Å². The number of benzene rings is 1. The fraction of sp³-hybridized carbons (Fsp3) is 0.500. The van der Waals surface area contributed by atoms with Crippen LogP contribution in [0, 0.1) is 0 Å². The number of likely N-dealkylation sites (N-methyl/N-ethyl adjacent to an activating group) is 1. The summed E-state index contributed by atoms with van der Waals surface area (Å²) < 4.78 is 5.93. The van der Waals surface area contributed by atoms with Crippen molar-refractivity contribution in [2.75, 3.05) is 49.5 Å². The smallest absolute Gasteiger partial charge is 0.319 e. The van der Waals surface area contributed by atoms with Crippen molar-refractivity contribution in [2.24, 2.45) is 0 Å². The zero-order valence-electron chi connectivity index (χ0n) is 18.8. The number of carbonyl (C=O) groups excluding carboxylic acids is 1. The van der Waals surface area contributed by atoms with Gasteiger partial charge in [-0.15, -0.1) is 0 Å². The molecule has 0 spiro atoms. The highest BCUT2D eigenvalue weighted by Crippen LogP contribution is 2.24. The molecule has 0 bridgehead atoms. The normalized spacial score (nSPS) is 13.8. The summed E-state index contributed by atoms with van der Waals surface area (Å²) in [5.74, 6) is 1.66. The third kappa shape index (κ3) is 6.85. The van der Waals surface area contributed by atoms with E-state index in [9.17, 15) is 4.79 Å². The zero-order chi connectivity index (χ0) is 21.9. The number of hydrogen-bond acceptors (Lipinski definition) is 5. The highest BCUT2D eigenvalue weighted by molar-refractivity contribution is 5.90. The van der Waals surface area contributed by atoms with Crippen LogP contribution in [0.5, 0.6) is 5.75 Å². The molecule has 2 amide bonds.